The van der Waals surface area contributed by atoms with Crippen LogP contribution in [0.3, 0.4) is 0 Å². The van der Waals surface area contributed by atoms with Gasteiger partial charge < -0.3 is 22.8 Å². The molecule has 3 heterocycles. The molecular weight excluding hydrogens is 818 g/mol. The molecule has 0 atom stereocenters. The number of furan rings is 2. The van der Waals surface area contributed by atoms with Crippen LogP contribution in [0.4, 0.5) is 47.3 Å². The quantitative estimate of drug-likeness (QED) is 0.111. The summed E-state index contributed by atoms with van der Waals surface area (Å²) in [5, 5.41) is 4.99. The minimum absolute atomic E-state index is 0.407. The lowest BCUT2D eigenvalue weighted by molar-refractivity contribution is -0.0500. The monoisotopic (exact) mass is 846 g/mol. The highest BCUT2D eigenvalue weighted by molar-refractivity contribution is 7.88. The molecule has 11 rings (SSSR count). The minimum atomic E-state index is -6.04. The molecule has 0 amide bonds. The van der Waals surface area contributed by atoms with E-state index in [1.165, 1.54) is 23.5 Å². The summed E-state index contributed by atoms with van der Waals surface area (Å²) in [5.74, 6) is -0.495. The van der Waals surface area contributed by atoms with Crippen molar-refractivity contribution in [3.05, 3.63) is 176 Å². The zero-order chi connectivity index (χ0) is 41.5. The average Bonchev–Trinajstić information content (AvgIpc) is 3.95. The molecule has 0 spiro atoms. The van der Waals surface area contributed by atoms with Gasteiger partial charge in [-0.3, -0.25) is 0 Å². The van der Waals surface area contributed by atoms with Crippen molar-refractivity contribution >= 4 is 120 Å². The first-order valence-corrected chi connectivity index (χ1v) is 21.4. The van der Waals surface area contributed by atoms with Crippen molar-refractivity contribution in [2.45, 2.75) is 5.51 Å². The second kappa shape index (κ2) is 13.9. The Morgan fingerprint density at radius 2 is 0.951 bits per heavy atom. The number of hydrogen-bond donors (Lipinski definition) is 0. The van der Waals surface area contributed by atoms with E-state index in [2.05, 4.69) is 4.90 Å². The number of fused-ring (bicyclic) bond motifs is 9. The molecule has 0 N–H and O–H groups in total. The molecule has 0 radical (unpaired) electrons. The summed E-state index contributed by atoms with van der Waals surface area (Å²) in [6, 6.07) is 55.0. The Bertz CT molecular complexity index is 3600. The first-order chi connectivity index (χ1) is 29.6. The van der Waals surface area contributed by atoms with Crippen LogP contribution in [-0.4, -0.2) is 13.9 Å². The van der Waals surface area contributed by atoms with Crippen LogP contribution in [0.15, 0.2) is 185 Å². The Morgan fingerprint density at radius 3 is 1.54 bits per heavy atom. The fourth-order valence-electron chi connectivity index (χ4n) is 8.09. The summed E-state index contributed by atoms with van der Waals surface area (Å²) in [6.07, 6.45) is 0. The molecule has 3 aromatic heterocycles. The first-order valence-electron chi connectivity index (χ1n) is 19.1. The van der Waals surface area contributed by atoms with Crippen molar-refractivity contribution in [2.24, 2.45) is 0 Å². The SMILES string of the molecule is O=S(=O)(Oc1cc(N(c2ccccc2)c2ccc3c(c2)oc2ccccc23)c2sc3ccc(N(c4ccccc4)c4ccc5c(c4)oc4ccccc45)cc3c2c1)C(F)(F)F. The van der Waals surface area contributed by atoms with Gasteiger partial charge in [0.1, 0.15) is 28.1 Å². The Kier molecular flexibility index (Phi) is 8.38. The highest BCUT2D eigenvalue weighted by Gasteiger charge is 2.48. The summed E-state index contributed by atoms with van der Waals surface area (Å²) < 4.78 is 86.0. The van der Waals surface area contributed by atoms with Crippen LogP contribution in [0.5, 0.6) is 5.75 Å². The van der Waals surface area contributed by atoms with E-state index in [0.29, 0.717) is 49.3 Å². The molecule has 61 heavy (non-hydrogen) atoms. The zero-order valence-corrected chi connectivity index (χ0v) is 33.3. The molecule has 12 heteroatoms. The summed E-state index contributed by atoms with van der Waals surface area (Å²) in [4.78, 5) is 3.95. The molecule has 7 nitrogen and oxygen atoms in total. The van der Waals surface area contributed by atoms with E-state index >= 15 is 0 Å². The van der Waals surface area contributed by atoms with E-state index in [1.807, 2.05) is 169 Å². The summed E-state index contributed by atoms with van der Waals surface area (Å²) in [6.45, 7) is 0. The molecule has 0 fully saturated rings. The van der Waals surface area contributed by atoms with Crippen LogP contribution in [0.25, 0.3) is 64.0 Å². The van der Waals surface area contributed by atoms with Gasteiger partial charge >= 0.3 is 15.6 Å². The summed E-state index contributed by atoms with van der Waals surface area (Å²) in [7, 11) is -6.04. The van der Waals surface area contributed by atoms with Crippen molar-refractivity contribution in [3.63, 3.8) is 0 Å². The molecule has 0 aliphatic heterocycles. The number of alkyl halides is 3. The van der Waals surface area contributed by atoms with Crippen LogP contribution in [0.1, 0.15) is 0 Å². The highest BCUT2D eigenvalue weighted by Crippen LogP contribution is 2.49. The molecule has 0 aliphatic carbocycles. The van der Waals surface area contributed by atoms with E-state index < -0.39 is 21.4 Å². The zero-order valence-electron chi connectivity index (χ0n) is 31.6. The maximum atomic E-state index is 13.9. The van der Waals surface area contributed by atoms with Crippen LogP contribution in [-0.2, 0) is 10.1 Å². The molecule has 0 saturated carbocycles. The van der Waals surface area contributed by atoms with Gasteiger partial charge in [0.25, 0.3) is 0 Å². The van der Waals surface area contributed by atoms with Gasteiger partial charge in [0.15, 0.2) is 0 Å². The smallest absolute Gasteiger partial charge is 0.456 e. The highest BCUT2D eigenvalue weighted by atomic mass is 32.2. The van der Waals surface area contributed by atoms with Gasteiger partial charge in [-0.05, 0) is 84.9 Å². The topological polar surface area (TPSA) is 76.1 Å². The van der Waals surface area contributed by atoms with Crippen LogP contribution < -0.4 is 14.0 Å². The van der Waals surface area contributed by atoms with Crippen LogP contribution >= 0.6 is 11.3 Å². The van der Waals surface area contributed by atoms with Crippen molar-refractivity contribution in [1.82, 2.24) is 0 Å². The van der Waals surface area contributed by atoms with Gasteiger partial charge in [-0.1, -0.05) is 72.8 Å². The van der Waals surface area contributed by atoms with E-state index in [-0.39, 0.29) is 0 Å². The average molecular weight is 847 g/mol. The second-order valence-electron chi connectivity index (χ2n) is 14.5. The molecular formula is C49H29F3N2O5S2. The predicted octanol–water partition coefficient (Wildman–Crippen LogP) is 15.0. The molecule has 0 bridgehead atoms. The van der Waals surface area contributed by atoms with E-state index in [1.54, 1.807) is 0 Å². The number of anilines is 6. The third-order valence-electron chi connectivity index (χ3n) is 10.8. The first kappa shape index (κ1) is 36.8. The van der Waals surface area contributed by atoms with Gasteiger partial charge in [0.05, 0.1) is 10.4 Å². The van der Waals surface area contributed by atoms with Gasteiger partial charge in [-0.2, -0.15) is 21.6 Å². The van der Waals surface area contributed by atoms with E-state index in [4.69, 9.17) is 13.0 Å². The minimum Gasteiger partial charge on any atom is -0.456 e. The molecule has 0 saturated heterocycles. The molecule has 298 valence electrons. The lowest BCUT2D eigenvalue weighted by atomic mass is 10.1. The molecule has 0 aliphatic rings. The number of nitrogens with zero attached hydrogens (tertiary/aromatic N) is 2. The van der Waals surface area contributed by atoms with Crippen molar-refractivity contribution in [2.75, 3.05) is 9.80 Å². The van der Waals surface area contributed by atoms with Crippen molar-refractivity contribution < 1.29 is 34.6 Å². The molecule has 8 aromatic carbocycles. The summed E-state index contributed by atoms with van der Waals surface area (Å²) in [5.41, 5.74) is 1.26. The van der Waals surface area contributed by atoms with E-state index in [0.717, 1.165) is 48.9 Å². The van der Waals surface area contributed by atoms with Crippen molar-refractivity contribution in [3.8, 4) is 5.75 Å². The third-order valence-corrected chi connectivity index (χ3v) is 13.0. The standard InChI is InChI=1S/C49H29F3N2O5S2/c50-49(51,52)61(55,56)59-35-28-41-40-25-32(53(30-11-3-1-4-12-30)33-19-22-38-36-15-7-9-17-43(36)57-45(38)26-33)21-24-47(40)60-48(41)42(29-35)54(31-13-5-2-6-14-31)34-20-23-39-37-16-8-10-18-44(37)58-46(39)27-34/h1-29H. The fourth-order valence-corrected chi connectivity index (χ4v) is 9.70. The normalized spacial score (nSPS) is 12.3. The van der Waals surface area contributed by atoms with E-state index in [9.17, 15) is 21.6 Å². The van der Waals surface area contributed by atoms with Crippen LogP contribution in [0, 0.1) is 0 Å². The molecule has 0 unspecified atom stereocenters. The number of hydrogen-bond acceptors (Lipinski definition) is 8. The number of thiophene rings is 1. The number of para-hydroxylation sites is 4. The Hall–Kier alpha value is -7.28. The lowest BCUT2D eigenvalue weighted by Crippen LogP contribution is -2.28. The van der Waals surface area contributed by atoms with Crippen molar-refractivity contribution in [1.29, 1.82) is 0 Å². The lowest BCUT2D eigenvalue weighted by Gasteiger charge is -2.26. The maximum Gasteiger partial charge on any atom is 0.534 e. The number of benzene rings is 8. The van der Waals surface area contributed by atoms with Gasteiger partial charge in [0, 0.05) is 83.7 Å². The summed E-state index contributed by atoms with van der Waals surface area (Å²) >= 11 is 1.44. The van der Waals surface area contributed by atoms with Crippen LogP contribution in [0.2, 0.25) is 0 Å². The maximum absolute atomic E-state index is 13.9. The Labute approximate surface area is 349 Å². The third kappa shape index (κ3) is 6.22. The Balaban J connectivity index is 1.14. The number of halogens is 3. The largest absolute Gasteiger partial charge is 0.534 e. The fraction of sp³-hybridized carbons (Fsp3) is 0.0204. The molecule has 11 aromatic rings. The second-order valence-corrected chi connectivity index (χ2v) is 17.1. The van der Waals surface area contributed by atoms with Gasteiger partial charge in [0.2, 0.25) is 0 Å². The van der Waals surface area contributed by atoms with Gasteiger partial charge in [-0.25, -0.2) is 0 Å². The Morgan fingerprint density at radius 1 is 0.459 bits per heavy atom. The van der Waals surface area contributed by atoms with Gasteiger partial charge in [-0.15, -0.1) is 11.3 Å². The predicted molar refractivity (Wildman–Crippen MR) is 239 cm³/mol. The number of rotatable bonds is 8.